The fourth-order valence-electron chi connectivity index (χ4n) is 3.34. The first kappa shape index (κ1) is 14.6. The fourth-order valence-corrected chi connectivity index (χ4v) is 3.34. The molecule has 0 radical (unpaired) electrons. The Balaban J connectivity index is 1.67. The Labute approximate surface area is 116 Å². The molecule has 3 nitrogen and oxygen atoms in total. The van der Waals surface area contributed by atoms with Crippen LogP contribution < -0.4 is 5.32 Å². The molecule has 0 aliphatic heterocycles. The van der Waals surface area contributed by atoms with Gasteiger partial charge in [-0.3, -0.25) is 4.79 Å². The van der Waals surface area contributed by atoms with Crippen LogP contribution in [0.1, 0.15) is 51.4 Å². The van der Waals surface area contributed by atoms with Gasteiger partial charge in [-0.1, -0.05) is 44.3 Å². The van der Waals surface area contributed by atoms with Gasteiger partial charge in [0.15, 0.2) is 0 Å². The maximum Gasteiger partial charge on any atom is 0.223 e. The molecule has 0 heterocycles. The summed E-state index contributed by atoms with van der Waals surface area (Å²) in [5, 5.41) is 12.5. The number of aliphatic hydroxyl groups is 1. The zero-order valence-corrected chi connectivity index (χ0v) is 11.8. The summed E-state index contributed by atoms with van der Waals surface area (Å²) in [6.45, 7) is 0.835. The average molecular weight is 265 g/mol. The number of hydrogen-bond acceptors (Lipinski definition) is 2. The minimum absolute atomic E-state index is 0.133. The molecule has 2 aliphatic rings. The van der Waals surface area contributed by atoms with Crippen molar-refractivity contribution >= 4 is 5.91 Å². The molecule has 1 unspecified atom stereocenters. The standard InChI is InChI=1S/C16H27NO2/c18-12-14(10-13-6-2-1-3-7-13)11-17-16(19)15-8-4-5-9-15/h4-5,13-15,18H,1-3,6-12H2,(H,17,19). The quantitative estimate of drug-likeness (QED) is 0.725. The molecule has 19 heavy (non-hydrogen) atoms. The van der Waals surface area contributed by atoms with Crippen molar-refractivity contribution in [2.45, 2.75) is 51.4 Å². The Kier molecular flexibility index (Phi) is 5.90. The molecule has 1 atom stereocenters. The number of nitrogens with one attached hydrogen (secondary N) is 1. The van der Waals surface area contributed by atoms with Gasteiger partial charge in [-0.05, 0) is 31.1 Å². The van der Waals surface area contributed by atoms with Gasteiger partial charge in [-0.2, -0.15) is 0 Å². The zero-order chi connectivity index (χ0) is 13.5. The van der Waals surface area contributed by atoms with Gasteiger partial charge in [0.25, 0.3) is 0 Å². The topological polar surface area (TPSA) is 49.3 Å². The van der Waals surface area contributed by atoms with Gasteiger partial charge in [0.05, 0.1) is 0 Å². The van der Waals surface area contributed by atoms with Crippen LogP contribution in [0.2, 0.25) is 0 Å². The lowest BCUT2D eigenvalue weighted by molar-refractivity contribution is -0.124. The number of rotatable bonds is 6. The maximum absolute atomic E-state index is 11.9. The Morgan fingerprint density at radius 2 is 1.89 bits per heavy atom. The van der Waals surface area contributed by atoms with E-state index in [0.717, 1.165) is 25.2 Å². The van der Waals surface area contributed by atoms with Crippen molar-refractivity contribution < 1.29 is 9.90 Å². The van der Waals surface area contributed by atoms with Crippen LogP contribution in [0, 0.1) is 17.8 Å². The smallest absolute Gasteiger partial charge is 0.223 e. The molecule has 3 heteroatoms. The molecule has 0 aromatic heterocycles. The molecular weight excluding hydrogens is 238 g/mol. The van der Waals surface area contributed by atoms with Crippen molar-refractivity contribution in [3.05, 3.63) is 12.2 Å². The van der Waals surface area contributed by atoms with Gasteiger partial charge in [-0.15, -0.1) is 0 Å². The second-order valence-corrected chi connectivity index (χ2v) is 6.17. The molecule has 1 amide bonds. The van der Waals surface area contributed by atoms with Crippen LogP contribution in [-0.4, -0.2) is 24.2 Å². The summed E-state index contributed by atoms with van der Waals surface area (Å²) < 4.78 is 0. The highest BCUT2D eigenvalue weighted by Crippen LogP contribution is 2.29. The molecule has 0 spiro atoms. The largest absolute Gasteiger partial charge is 0.396 e. The van der Waals surface area contributed by atoms with E-state index in [9.17, 15) is 9.90 Å². The summed E-state index contributed by atoms with van der Waals surface area (Å²) in [7, 11) is 0. The van der Waals surface area contributed by atoms with Gasteiger partial charge in [0.1, 0.15) is 0 Å². The molecule has 2 aliphatic carbocycles. The molecule has 1 fully saturated rings. The number of hydrogen-bond donors (Lipinski definition) is 2. The van der Waals surface area contributed by atoms with Gasteiger partial charge in [0.2, 0.25) is 5.91 Å². The van der Waals surface area contributed by atoms with Crippen molar-refractivity contribution in [2.24, 2.45) is 17.8 Å². The maximum atomic E-state index is 11.9. The molecule has 0 saturated heterocycles. The van der Waals surface area contributed by atoms with Crippen LogP contribution in [0.3, 0.4) is 0 Å². The number of carbonyl (C=O) groups excluding carboxylic acids is 1. The number of aliphatic hydroxyl groups excluding tert-OH is 1. The van der Waals surface area contributed by atoms with Gasteiger partial charge < -0.3 is 10.4 Å². The monoisotopic (exact) mass is 265 g/mol. The van der Waals surface area contributed by atoms with Crippen molar-refractivity contribution in [1.29, 1.82) is 0 Å². The minimum atomic E-state index is 0.133. The first-order chi connectivity index (χ1) is 9.29. The summed E-state index contributed by atoms with van der Waals surface area (Å²) >= 11 is 0. The molecular formula is C16H27NO2. The predicted molar refractivity (Wildman–Crippen MR) is 76.6 cm³/mol. The number of carbonyl (C=O) groups is 1. The second-order valence-electron chi connectivity index (χ2n) is 6.17. The molecule has 2 rings (SSSR count). The van der Waals surface area contributed by atoms with Crippen molar-refractivity contribution in [2.75, 3.05) is 13.2 Å². The summed E-state index contributed by atoms with van der Waals surface area (Å²) in [5.41, 5.74) is 0. The second kappa shape index (κ2) is 7.68. The molecule has 108 valence electrons. The number of amides is 1. The Morgan fingerprint density at radius 1 is 1.21 bits per heavy atom. The van der Waals surface area contributed by atoms with E-state index in [-0.39, 0.29) is 24.3 Å². The highest BCUT2D eigenvalue weighted by molar-refractivity contribution is 5.79. The van der Waals surface area contributed by atoms with Crippen molar-refractivity contribution in [1.82, 2.24) is 5.32 Å². The lowest BCUT2D eigenvalue weighted by Gasteiger charge is -2.26. The summed E-state index contributed by atoms with van der Waals surface area (Å²) in [4.78, 5) is 11.9. The normalized spacial score (nSPS) is 22.6. The Hall–Kier alpha value is -0.830. The van der Waals surface area contributed by atoms with Crippen LogP contribution in [0.5, 0.6) is 0 Å². The van der Waals surface area contributed by atoms with Gasteiger partial charge in [0, 0.05) is 19.1 Å². The summed E-state index contributed by atoms with van der Waals surface area (Å²) in [5.74, 6) is 1.29. The van der Waals surface area contributed by atoms with E-state index in [1.165, 1.54) is 32.1 Å². The highest BCUT2D eigenvalue weighted by atomic mass is 16.3. The third-order valence-electron chi connectivity index (χ3n) is 4.59. The van der Waals surface area contributed by atoms with E-state index < -0.39 is 0 Å². The Morgan fingerprint density at radius 3 is 2.53 bits per heavy atom. The molecule has 1 saturated carbocycles. The lowest BCUT2D eigenvalue weighted by atomic mass is 9.83. The molecule has 2 N–H and O–H groups in total. The predicted octanol–water partition coefficient (Wildman–Crippen LogP) is 2.65. The minimum Gasteiger partial charge on any atom is -0.396 e. The van der Waals surface area contributed by atoms with E-state index in [1.807, 2.05) is 0 Å². The number of allylic oxidation sites excluding steroid dienone is 2. The van der Waals surface area contributed by atoms with Crippen LogP contribution in [-0.2, 0) is 4.79 Å². The van der Waals surface area contributed by atoms with Crippen molar-refractivity contribution in [3.63, 3.8) is 0 Å². The van der Waals surface area contributed by atoms with E-state index >= 15 is 0 Å². The summed E-state index contributed by atoms with van der Waals surface area (Å²) in [6, 6.07) is 0. The van der Waals surface area contributed by atoms with Crippen molar-refractivity contribution in [3.8, 4) is 0 Å². The van der Waals surface area contributed by atoms with E-state index in [1.54, 1.807) is 0 Å². The molecule has 0 aromatic rings. The first-order valence-corrected chi connectivity index (χ1v) is 7.83. The third kappa shape index (κ3) is 4.64. The molecule has 0 aromatic carbocycles. The van der Waals surface area contributed by atoms with Crippen LogP contribution in [0.4, 0.5) is 0 Å². The first-order valence-electron chi connectivity index (χ1n) is 7.83. The van der Waals surface area contributed by atoms with Crippen LogP contribution in [0.25, 0.3) is 0 Å². The van der Waals surface area contributed by atoms with E-state index in [4.69, 9.17) is 0 Å². The van der Waals surface area contributed by atoms with Crippen LogP contribution in [0.15, 0.2) is 12.2 Å². The lowest BCUT2D eigenvalue weighted by Crippen LogP contribution is -2.35. The SMILES string of the molecule is O=C(NCC(CO)CC1CCCCC1)C1CC=CC1. The van der Waals surface area contributed by atoms with Gasteiger partial charge >= 0.3 is 0 Å². The fraction of sp³-hybridized carbons (Fsp3) is 0.812. The van der Waals surface area contributed by atoms with E-state index in [2.05, 4.69) is 17.5 Å². The van der Waals surface area contributed by atoms with Crippen LogP contribution >= 0.6 is 0 Å². The zero-order valence-electron chi connectivity index (χ0n) is 11.8. The average Bonchev–Trinajstić information content (AvgIpc) is 2.98. The molecule has 0 bridgehead atoms. The highest BCUT2D eigenvalue weighted by Gasteiger charge is 2.22. The Bertz CT molecular complexity index is 300. The summed E-state index contributed by atoms with van der Waals surface area (Å²) in [6.07, 6.45) is 13.6. The van der Waals surface area contributed by atoms with E-state index in [0.29, 0.717) is 6.54 Å². The van der Waals surface area contributed by atoms with Gasteiger partial charge in [-0.25, -0.2) is 0 Å². The third-order valence-corrected chi connectivity index (χ3v) is 4.59.